The van der Waals surface area contributed by atoms with Crippen LogP contribution in [0.4, 0.5) is 0 Å². The van der Waals surface area contributed by atoms with Crippen LogP contribution in [0.25, 0.3) is 44.4 Å². The SMILES string of the molecule is CCC1=C(C)c2nc1cc1[nH]c(c(C)c1CC)c(C)c1[nH]c(cc3nc(c2C)C(C)=C3CC)c(CC)c1C. The fourth-order valence-electron chi connectivity index (χ4n) is 6.81. The van der Waals surface area contributed by atoms with E-state index in [1.807, 2.05) is 0 Å². The number of nitrogens with zero attached hydrogens (tertiary/aromatic N) is 2. The Morgan fingerprint density at radius 1 is 0.526 bits per heavy atom. The highest BCUT2D eigenvalue weighted by molar-refractivity contribution is 5.97. The third kappa shape index (κ3) is 3.80. The quantitative estimate of drug-likeness (QED) is 0.370. The van der Waals surface area contributed by atoms with Gasteiger partial charge in [-0.1, -0.05) is 27.7 Å². The molecule has 0 amide bonds. The molecule has 0 fully saturated rings. The van der Waals surface area contributed by atoms with E-state index in [4.69, 9.17) is 9.97 Å². The Morgan fingerprint density at radius 2 is 0.921 bits per heavy atom. The molecule has 38 heavy (non-hydrogen) atoms. The third-order valence-electron chi connectivity index (χ3n) is 8.96. The van der Waals surface area contributed by atoms with Crippen LogP contribution in [0.1, 0.15) is 111 Å². The average Bonchev–Trinajstić information content (AvgIpc) is 3.59. The normalized spacial score (nSPS) is 13.7. The molecule has 3 aromatic rings. The fraction of sp³-hybridized carbons (Fsp3) is 0.412. The Labute approximate surface area is 227 Å². The standard InChI is InChI=1S/C34H42N4/c1-11-23-17(5)31-21(9)32-19(7)25(13-3)29(37-32)16-30-26(14-4)20(8)34(38-30)22(10)33-18(6)24(12-2)28(36-33)15-27(23)35-31/h15-16,35,37H,11-14H2,1-10H3. The van der Waals surface area contributed by atoms with Crippen molar-refractivity contribution in [2.75, 3.05) is 0 Å². The molecule has 0 saturated carbocycles. The molecule has 4 heteroatoms. The maximum Gasteiger partial charge on any atom is 0.0720 e. The van der Waals surface area contributed by atoms with E-state index in [0.717, 1.165) is 54.0 Å². The van der Waals surface area contributed by atoms with Gasteiger partial charge in [-0.15, -0.1) is 0 Å². The van der Waals surface area contributed by atoms with Crippen LogP contribution in [0.15, 0.2) is 12.1 Å². The summed E-state index contributed by atoms with van der Waals surface area (Å²) in [4.78, 5) is 18.2. The van der Waals surface area contributed by atoms with Gasteiger partial charge in [-0.25, -0.2) is 9.97 Å². The molecule has 5 heterocycles. The molecule has 0 atom stereocenters. The molecular formula is C34H42N4. The highest BCUT2D eigenvalue weighted by Gasteiger charge is 2.23. The molecule has 0 saturated heterocycles. The summed E-state index contributed by atoms with van der Waals surface area (Å²) in [5.74, 6) is 0. The Hall–Kier alpha value is -3.40. The summed E-state index contributed by atoms with van der Waals surface area (Å²) >= 11 is 0. The third-order valence-corrected chi connectivity index (χ3v) is 8.96. The number of allylic oxidation sites excluding steroid dienone is 4. The van der Waals surface area contributed by atoms with E-state index in [1.165, 1.54) is 72.2 Å². The lowest BCUT2D eigenvalue weighted by Crippen LogP contribution is -1.91. The molecular weight excluding hydrogens is 464 g/mol. The van der Waals surface area contributed by atoms with Crippen molar-refractivity contribution in [3.05, 3.63) is 68.3 Å². The van der Waals surface area contributed by atoms with Crippen LogP contribution in [0.5, 0.6) is 0 Å². The number of aromatic nitrogens is 4. The summed E-state index contributed by atoms with van der Waals surface area (Å²) in [6, 6.07) is 4.56. The molecule has 2 N–H and O–H groups in total. The van der Waals surface area contributed by atoms with Crippen molar-refractivity contribution in [1.29, 1.82) is 0 Å². The Kier molecular flexibility index (Phi) is 6.71. The first kappa shape index (κ1) is 26.2. The van der Waals surface area contributed by atoms with Gasteiger partial charge in [-0.05, 0) is 129 Å². The van der Waals surface area contributed by atoms with Crippen LogP contribution < -0.4 is 0 Å². The minimum Gasteiger partial charge on any atom is -0.355 e. The molecule has 0 aliphatic carbocycles. The van der Waals surface area contributed by atoms with Crippen LogP contribution >= 0.6 is 0 Å². The molecule has 8 bridgehead atoms. The van der Waals surface area contributed by atoms with Gasteiger partial charge in [0, 0.05) is 27.6 Å². The van der Waals surface area contributed by atoms with Crippen LogP contribution in [-0.2, 0) is 12.8 Å². The van der Waals surface area contributed by atoms with Gasteiger partial charge >= 0.3 is 0 Å². The lowest BCUT2D eigenvalue weighted by atomic mass is 9.98. The summed E-state index contributed by atoms with van der Waals surface area (Å²) in [6.45, 7) is 22.4. The summed E-state index contributed by atoms with van der Waals surface area (Å²) < 4.78 is 0. The van der Waals surface area contributed by atoms with Gasteiger partial charge in [0.1, 0.15) is 0 Å². The van der Waals surface area contributed by atoms with Gasteiger partial charge < -0.3 is 9.97 Å². The molecule has 2 aliphatic heterocycles. The van der Waals surface area contributed by atoms with Crippen LogP contribution in [0, 0.1) is 27.7 Å². The lowest BCUT2D eigenvalue weighted by molar-refractivity contribution is 1.14. The first-order valence-electron chi connectivity index (χ1n) is 14.3. The number of H-pyrrole nitrogens is 2. The Bertz CT molecular complexity index is 1580. The Morgan fingerprint density at radius 3 is 1.26 bits per heavy atom. The smallest absolute Gasteiger partial charge is 0.0720 e. The summed E-state index contributed by atoms with van der Waals surface area (Å²) in [5.41, 5.74) is 22.1. The number of aryl methyl sites for hydroxylation is 5. The van der Waals surface area contributed by atoms with Crippen molar-refractivity contribution >= 4 is 44.4 Å². The van der Waals surface area contributed by atoms with E-state index in [9.17, 15) is 0 Å². The first-order chi connectivity index (χ1) is 18.2. The number of aromatic amines is 2. The number of rotatable bonds is 4. The highest BCUT2D eigenvalue weighted by atomic mass is 14.8. The van der Waals surface area contributed by atoms with E-state index in [1.54, 1.807) is 0 Å². The predicted molar refractivity (Wildman–Crippen MR) is 164 cm³/mol. The Balaban J connectivity index is 2.07. The monoisotopic (exact) mass is 506 g/mol. The van der Waals surface area contributed by atoms with E-state index in [0.29, 0.717) is 0 Å². The van der Waals surface area contributed by atoms with E-state index < -0.39 is 0 Å². The van der Waals surface area contributed by atoms with E-state index in [-0.39, 0.29) is 0 Å². The molecule has 4 nitrogen and oxygen atoms in total. The summed E-state index contributed by atoms with van der Waals surface area (Å²) in [7, 11) is 0. The topological polar surface area (TPSA) is 57.4 Å². The molecule has 3 aromatic heterocycles. The van der Waals surface area contributed by atoms with Gasteiger partial charge in [0.05, 0.1) is 22.8 Å². The highest BCUT2D eigenvalue weighted by Crippen LogP contribution is 2.39. The van der Waals surface area contributed by atoms with Gasteiger partial charge in [0.2, 0.25) is 0 Å². The molecule has 5 rings (SSSR count). The van der Waals surface area contributed by atoms with E-state index >= 15 is 0 Å². The van der Waals surface area contributed by atoms with Crippen LogP contribution in [0.2, 0.25) is 0 Å². The summed E-state index contributed by atoms with van der Waals surface area (Å²) in [6.07, 6.45) is 3.85. The van der Waals surface area contributed by atoms with Crippen LogP contribution in [-0.4, -0.2) is 19.9 Å². The number of hydrogen-bond acceptors (Lipinski definition) is 2. The molecule has 0 spiro atoms. The zero-order valence-corrected chi connectivity index (χ0v) is 24.9. The van der Waals surface area contributed by atoms with Crippen molar-refractivity contribution in [1.82, 2.24) is 19.9 Å². The predicted octanol–water partition coefficient (Wildman–Crippen LogP) is 9.35. The number of hydrogen-bond donors (Lipinski definition) is 2. The minimum atomic E-state index is 0.952. The summed E-state index contributed by atoms with van der Waals surface area (Å²) in [5, 5.41) is 0. The second-order valence-electron chi connectivity index (χ2n) is 10.9. The van der Waals surface area contributed by atoms with Crippen molar-refractivity contribution < 1.29 is 0 Å². The lowest BCUT2D eigenvalue weighted by Gasteiger charge is -2.04. The van der Waals surface area contributed by atoms with Gasteiger partial charge in [0.25, 0.3) is 0 Å². The van der Waals surface area contributed by atoms with Crippen molar-refractivity contribution in [3.63, 3.8) is 0 Å². The second-order valence-corrected chi connectivity index (χ2v) is 10.9. The van der Waals surface area contributed by atoms with Crippen molar-refractivity contribution in [2.45, 2.75) is 94.9 Å². The van der Waals surface area contributed by atoms with Gasteiger partial charge in [0.15, 0.2) is 0 Å². The zero-order chi connectivity index (χ0) is 27.5. The zero-order valence-electron chi connectivity index (χ0n) is 24.9. The molecule has 198 valence electrons. The van der Waals surface area contributed by atoms with E-state index in [2.05, 4.69) is 91.3 Å². The maximum absolute atomic E-state index is 5.26. The molecule has 0 unspecified atom stereocenters. The minimum absolute atomic E-state index is 0.952. The van der Waals surface area contributed by atoms with Crippen molar-refractivity contribution in [2.24, 2.45) is 0 Å². The largest absolute Gasteiger partial charge is 0.355 e. The van der Waals surface area contributed by atoms with Crippen LogP contribution in [0.3, 0.4) is 0 Å². The average molecular weight is 507 g/mol. The molecule has 0 aromatic carbocycles. The van der Waals surface area contributed by atoms with Gasteiger partial charge in [-0.2, -0.15) is 0 Å². The fourth-order valence-corrected chi connectivity index (χ4v) is 6.81. The molecule has 0 radical (unpaired) electrons. The molecule has 2 aliphatic rings. The van der Waals surface area contributed by atoms with Crippen molar-refractivity contribution in [3.8, 4) is 0 Å². The number of fused-ring (bicyclic) bond motifs is 8. The maximum atomic E-state index is 5.26. The van der Waals surface area contributed by atoms with Gasteiger partial charge in [-0.3, -0.25) is 0 Å². The second kappa shape index (κ2) is 9.72. The first-order valence-corrected chi connectivity index (χ1v) is 14.3. The number of nitrogens with one attached hydrogen (secondary N) is 2.